The Morgan fingerprint density at radius 3 is 1.79 bits per heavy atom. The van der Waals surface area contributed by atoms with E-state index in [0.29, 0.717) is 6.42 Å². The molecule has 1 N–H and O–H groups in total. The van der Waals surface area contributed by atoms with E-state index in [4.69, 9.17) is 4.55 Å². The van der Waals surface area contributed by atoms with Crippen LogP contribution < -0.4 is 0 Å². The van der Waals surface area contributed by atoms with Gasteiger partial charge in [-0.05, 0) is 6.42 Å². The van der Waals surface area contributed by atoms with Crippen LogP contribution in [0, 0.1) is 0 Å². The molecule has 0 radical (unpaired) electrons. The van der Waals surface area contributed by atoms with Crippen molar-refractivity contribution in [2.24, 2.45) is 0 Å². The smallest absolute Gasteiger partial charge is 0.265 e. The van der Waals surface area contributed by atoms with Gasteiger partial charge in [-0.15, -0.1) is 0 Å². The lowest BCUT2D eigenvalue weighted by molar-refractivity contribution is -0.118. The molecule has 0 atom stereocenters. The summed E-state index contributed by atoms with van der Waals surface area (Å²) in [4.78, 5) is 11.3. The molecule has 0 aromatic carbocycles. The predicted molar refractivity (Wildman–Crippen MR) is 77.9 cm³/mol. The van der Waals surface area contributed by atoms with Crippen LogP contribution in [0.25, 0.3) is 0 Å². The second-order valence-electron chi connectivity index (χ2n) is 5.15. The summed E-state index contributed by atoms with van der Waals surface area (Å²) in [5.41, 5.74) is 0. The molecular formula is C14H28O4S. The molecule has 0 saturated heterocycles. The molecule has 4 nitrogen and oxygen atoms in total. The third-order valence-electron chi connectivity index (χ3n) is 3.20. The minimum Gasteiger partial charge on any atom is -0.300 e. The number of hydrogen-bond donors (Lipinski definition) is 1. The topological polar surface area (TPSA) is 71.4 Å². The van der Waals surface area contributed by atoms with E-state index < -0.39 is 15.9 Å². The summed E-state index contributed by atoms with van der Waals surface area (Å²) in [7, 11) is -3.99. The number of hydrogen-bond acceptors (Lipinski definition) is 3. The molecule has 0 fully saturated rings. The highest BCUT2D eigenvalue weighted by Gasteiger charge is 2.09. The van der Waals surface area contributed by atoms with Crippen molar-refractivity contribution in [2.75, 3.05) is 5.75 Å². The first-order chi connectivity index (χ1) is 8.95. The van der Waals surface area contributed by atoms with Gasteiger partial charge in [0.15, 0.2) is 0 Å². The Kier molecular flexibility index (Phi) is 11.2. The summed E-state index contributed by atoms with van der Waals surface area (Å²) in [6.07, 6.45) is 11.1. The molecule has 0 aliphatic heterocycles. The van der Waals surface area contributed by atoms with Crippen LogP contribution in [0.4, 0.5) is 0 Å². The van der Waals surface area contributed by atoms with Crippen LogP contribution in [0.3, 0.4) is 0 Å². The van der Waals surface area contributed by atoms with E-state index >= 15 is 0 Å². The lowest BCUT2D eigenvalue weighted by atomic mass is 10.1. The van der Waals surface area contributed by atoms with Crippen molar-refractivity contribution in [3.05, 3.63) is 0 Å². The highest BCUT2D eigenvalue weighted by molar-refractivity contribution is 7.85. The molecular weight excluding hydrogens is 264 g/mol. The molecule has 0 aromatic heterocycles. The number of carbonyl (C=O) groups is 1. The van der Waals surface area contributed by atoms with Crippen LogP contribution in [0.15, 0.2) is 0 Å². The molecule has 5 heteroatoms. The zero-order chi connectivity index (χ0) is 14.6. The molecule has 0 bridgehead atoms. The Morgan fingerprint density at radius 2 is 1.32 bits per heavy atom. The third kappa shape index (κ3) is 15.5. The largest absolute Gasteiger partial charge is 0.300 e. The summed E-state index contributed by atoms with van der Waals surface area (Å²) in [5, 5.41) is 0. The maximum Gasteiger partial charge on any atom is 0.265 e. The second kappa shape index (κ2) is 11.4. The fourth-order valence-corrected chi connectivity index (χ4v) is 2.49. The molecule has 0 saturated carbocycles. The molecule has 0 aliphatic rings. The SMILES string of the molecule is CCCCCCCCCCCC(=O)CCS(=O)(=O)O. The van der Waals surface area contributed by atoms with E-state index in [2.05, 4.69) is 6.92 Å². The summed E-state index contributed by atoms with van der Waals surface area (Å²) >= 11 is 0. The van der Waals surface area contributed by atoms with Gasteiger partial charge in [-0.25, -0.2) is 0 Å². The maximum absolute atomic E-state index is 11.3. The first kappa shape index (κ1) is 18.6. The van der Waals surface area contributed by atoms with Crippen LogP contribution in [-0.2, 0) is 14.9 Å². The van der Waals surface area contributed by atoms with Gasteiger partial charge in [-0.2, -0.15) is 8.42 Å². The van der Waals surface area contributed by atoms with Crippen LogP contribution in [-0.4, -0.2) is 24.5 Å². The van der Waals surface area contributed by atoms with Gasteiger partial charge in [-0.1, -0.05) is 58.3 Å². The van der Waals surface area contributed by atoms with E-state index in [1.807, 2.05) is 0 Å². The van der Waals surface area contributed by atoms with E-state index in [0.717, 1.165) is 19.3 Å². The maximum atomic E-state index is 11.3. The highest BCUT2D eigenvalue weighted by Crippen LogP contribution is 2.11. The van der Waals surface area contributed by atoms with E-state index in [1.165, 1.54) is 38.5 Å². The fourth-order valence-electron chi connectivity index (χ4n) is 2.00. The molecule has 0 aliphatic carbocycles. The van der Waals surface area contributed by atoms with Crippen molar-refractivity contribution < 1.29 is 17.8 Å². The van der Waals surface area contributed by atoms with Gasteiger partial charge in [0.25, 0.3) is 10.1 Å². The number of unbranched alkanes of at least 4 members (excludes halogenated alkanes) is 8. The molecule has 0 amide bonds. The lowest BCUT2D eigenvalue weighted by Crippen LogP contribution is -2.09. The van der Waals surface area contributed by atoms with Gasteiger partial charge < -0.3 is 0 Å². The number of Topliss-reactive ketones (excluding diaryl/α,β-unsaturated/α-hetero) is 1. The molecule has 0 spiro atoms. The summed E-state index contributed by atoms with van der Waals surface area (Å²) in [5.74, 6) is -0.510. The first-order valence-corrected chi connectivity index (χ1v) is 9.03. The Morgan fingerprint density at radius 1 is 0.842 bits per heavy atom. The summed E-state index contributed by atoms with van der Waals surface area (Å²) in [6, 6.07) is 0. The van der Waals surface area contributed by atoms with Crippen LogP contribution in [0.2, 0.25) is 0 Å². The normalized spacial score (nSPS) is 11.7. The van der Waals surface area contributed by atoms with Crippen LogP contribution in [0.5, 0.6) is 0 Å². The molecule has 0 heterocycles. The van der Waals surface area contributed by atoms with Gasteiger partial charge in [0.05, 0.1) is 5.75 Å². The minimum absolute atomic E-state index is 0.0597. The second-order valence-corrected chi connectivity index (χ2v) is 6.73. The Labute approximate surface area is 117 Å². The summed E-state index contributed by atoms with van der Waals surface area (Å²) in [6.45, 7) is 2.21. The molecule has 0 unspecified atom stereocenters. The molecule has 0 aromatic rings. The first-order valence-electron chi connectivity index (χ1n) is 7.42. The average Bonchev–Trinajstić information content (AvgIpc) is 2.33. The quantitative estimate of drug-likeness (QED) is 0.414. The van der Waals surface area contributed by atoms with Gasteiger partial charge in [-0.3, -0.25) is 9.35 Å². The highest BCUT2D eigenvalue weighted by atomic mass is 32.2. The van der Waals surface area contributed by atoms with Gasteiger partial charge >= 0.3 is 0 Å². The fraction of sp³-hybridized carbons (Fsp3) is 0.929. The van der Waals surface area contributed by atoms with E-state index in [9.17, 15) is 13.2 Å². The molecule has 114 valence electrons. The van der Waals surface area contributed by atoms with Gasteiger partial charge in [0, 0.05) is 12.8 Å². The molecule has 0 rings (SSSR count). The minimum atomic E-state index is -3.99. The predicted octanol–water partition coefficient (Wildman–Crippen LogP) is 3.75. The number of rotatable bonds is 13. The lowest BCUT2D eigenvalue weighted by Gasteiger charge is -2.02. The Bertz CT molecular complexity index is 322. The monoisotopic (exact) mass is 292 g/mol. The standard InChI is InChI=1S/C14H28O4S/c1-2-3-4-5-6-7-8-9-10-11-14(15)12-13-19(16,17)18/h2-13H2,1H3,(H,16,17,18). The number of carbonyl (C=O) groups excluding carboxylic acids is 1. The Balaban J connectivity index is 3.28. The zero-order valence-electron chi connectivity index (χ0n) is 12.1. The summed E-state index contributed by atoms with van der Waals surface area (Å²) < 4.78 is 29.4. The third-order valence-corrected chi connectivity index (χ3v) is 3.92. The van der Waals surface area contributed by atoms with E-state index in [-0.39, 0.29) is 12.2 Å². The van der Waals surface area contributed by atoms with Gasteiger partial charge in [0.2, 0.25) is 0 Å². The van der Waals surface area contributed by atoms with Crippen molar-refractivity contribution >= 4 is 15.9 Å². The zero-order valence-corrected chi connectivity index (χ0v) is 12.9. The van der Waals surface area contributed by atoms with Crippen LogP contribution >= 0.6 is 0 Å². The van der Waals surface area contributed by atoms with Crippen molar-refractivity contribution in [1.82, 2.24) is 0 Å². The van der Waals surface area contributed by atoms with Gasteiger partial charge in [0.1, 0.15) is 5.78 Å². The van der Waals surface area contributed by atoms with Crippen molar-refractivity contribution in [3.8, 4) is 0 Å². The van der Waals surface area contributed by atoms with Crippen molar-refractivity contribution in [1.29, 1.82) is 0 Å². The van der Waals surface area contributed by atoms with Crippen molar-refractivity contribution in [3.63, 3.8) is 0 Å². The number of ketones is 1. The van der Waals surface area contributed by atoms with Crippen molar-refractivity contribution in [2.45, 2.75) is 77.6 Å². The van der Waals surface area contributed by atoms with E-state index in [1.54, 1.807) is 0 Å². The Hall–Kier alpha value is -0.420. The molecule has 19 heavy (non-hydrogen) atoms. The average molecular weight is 292 g/mol. The van der Waals surface area contributed by atoms with Crippen LogP contribution in [0.1, 0.15) is 77.6 Å².